The van der Waals surface area contributed by atoms with Crippen LogP contribution in [0, 0.1) is 6.92 Å². The van der Waals surface area contributed by atoms with Gasteiger partial charge in [-0.05, 0) is 25.5 Å². The molecular formula is C21H29N5O2. The molecule has 2 heterocycles. The molecule has 1 aliphatic rings. The highest BCUT2D eigenvalue weighted by molar-refractivity contribution is 5.93. The summed E-state index contributed by atoms with van der Waals surface area (Å²) in [6.07, 6.45) is 2.18. The minimum absolute atomic E-state index is 0.0382. The summed E-state index contributed by atoms with van der Waals surface area (Å²) in [5, 5.41) is 3.28. The van der Waals surface area contributed by atoms with Gasteiger partial charge in [-0.1, -0.05) is 25.5 Å². The van der Waals surface area contributed by atoms with Gasteiger partial charge in [-0.3, -0.25) is 4.79 Å². The van der Waals surface area contributed by atoms with Crippen LogP contribution in [0.5, 0.6) is 5.75 Å². The number of hydrogen-bond donors (Lipinski definition) is 1. The van der Waals surface area contributed by atoms with Gasteiger partial charge in [0.2, 0.25) is 0 Å². The number of carbonyl (C=O) groups is 1. The second kappa shape index (κ2) is 9.39. The van der Waals surface area contributed by atoms with Crippen LogP contribution in [0.1, 0.15) is 36.1 Å². The number of ether oxygens (including phenoxy) is 1. The quantitative estimate of drug-likeness (QED) is 0.741. The molecule has 0 spiro atoms. The zero-order chi connectivity index (χ0) is 19.9. The lowest BCUT2D eigenvalue weighted by molar-refractivity contribution is 0.0740. The monoisotopic (exact) mass is 383 g/mol. The molecule has 3 rings (SSSR count). The normalized spacial score (nSPS) is 14.1. The predicted octanol–water partition coefficient (Wildman–Crippen LogP) is 2.97. The first-order chi connectivity index (χ1) is 13.6. The Morgan fingerprint density at radius 2 is 1.93 bits per heavy atom. The molecular weight excluding hydrogens is 354 g/mol. The number of anilines is 2. The van der Waals surface area contributed by atoms with Crippen molar-refractivity contribution in [2.45, 2.75) is 26.7 Å². The molecule has 0 aliphatic carbocycles. The van der Waals surface area contributed by atoms with E-state index in [1.54, 1.807) is 13.2 Å². The van der Waals surface area contributed by atoms with Crippen molar-refractivity contribution in [3.63, 3.8) is 0 Å². The van der Waals surface area contributed by atoms with Crippen LogP contribution in [0.15, 0.2) is 30.3 Å². The molecule has 7 heteroatoms. The van der Waals surface area contributed by atoms with Gasteiger partial charge in [0, 0.05) is 38.8 Å². The summed E-state index contributed by atoms with van der Waals surface area (Å²) in [7, 11) is 1.68. The van der Waals surface area contributed by atoms with Crippen molar-refractivity contribution in [2.75, 3.05) is 50.1 Å². The third-order valence-electron chi connectivity index (χ3n) is 4.89. The number of nitrogens with zero attached hydrogens (tertiary/aromatic N) is 4. The first-order valence-corrected chi connectivity index (χ1v) is 9.89. The Hall–Kier alpha value is -2.83. The molecule has 1 aromatic carbocycles. The molecule has 0 unspecified atom stereocenters. The molecule has 1 aliphatic heterocycles. The van der Waals surface area contributed by atoms with Crippen LogP contribution in [-0.2, 0) is 0 Å². The Labute approximate surface area is 166 Å². The fraction of sp³-hybridized carbons (Fsp3) is 0.476. The average molecular weight is 383 g/mol. The van der Waals surface area contributed by atoms with E-state index in [0.717, 1.165) is 49.7 Å². The molecule has 0 radical (unpaired) electrons. The number of amides is 1. The first-order valence-electron chi connectivity index (χ1n) is 9.89. The van der Waals surface area contributed by atoms with E-state index in [9.17, 15) is 4.79 Å². The van der Waals surface area contributed by atoms with Gasteiger partial charge in [0.25, 0.3) is 5.91 Å². The van der Waals surface area contributed by atoms with Gasteiger partial charge in [-0.2, -0.15) is 0 Å². The second-order valence-electron chi connectivity index (χ2n) is 6.92. The maximum absolute atomic E-state index is 13.0. The first kappa shape index (κ1) is 19.9. The standard InChI is InChI=1S/C21H29N5O2/c1-4-5-10-22-20-15-17(23-16(2)24-20)21(27)26-13-11-25(12-14-26)18-8-6-7-9-19(18)28-3/h6-9,15H,4-5,10-14H2,1-3H3,(H,22,23,24). The number of aromatic nitrogens is 2. The lowest BCUT2D eigenvalue weighted by atomic mass is 10.2. The fourth-order valence-corrected chi connectivity index (χ4v) is 3.36. The van der Waals surface area contributed by atoms with E-state index in [1.165, 1.54) is 0 Å². The van der Waals surface area contributed by atoms with Crippen LogP contribution in [0.3, 0.4) is 0 Å². The van der Waals surface area contributed by atoms with E-state index in [0.29, 0.717) is 24.6 Å². The van der Waals surface area contributed by atoms with Crippen LogP contribution < -0.4 is 15.0 Å². The van der Waals surface area contributed by atoms with Gasteiger partial charge in [0.15, 0.2) is 0 Å². The highest BCUT2D eigenvalue weighted by Crippen LogP contribution is 2.28. The number of rotatable bonds is 7. The molecule has 0 bridgehead atoms. The van der Waals surface area contributed by atoms with Crippen molar-refractivity contribution in [2.24, 2.45) is 0 Å². The molecule has 1 amide bonds. The number of carbonyl (C=O) groups excluding carboxylic acids is 1. The Balaban J connectivity index is 1.65. The zero-order valence-electron chi connectivity index (χ0n) is 16.9. The number of aryl methyl sites for hydroxylation is 1. The van der Waals surface area contributed by atoms with Gasteiger partial charge in [-0.15, -0.1) is 0 Å². The Morgan fingerprint density at radius 1 is 1.18 bits per heavy atom. The summed E-state index contributed by atoms with van der Waals surface area (Å²) in [4.78, 5) is 25.8. The Bertz CT molecular complexity index is 803. The average Bonchev–Trinajstić information content (AvgIpc) is 2.73. The van der Waals surface area contributed by atoms with Crippen molar-refractivity contribution in [3.8, 4) is 5.75 Å². The predicted molar refractivity (Wildman–Crippen MR) is 111 cm³/mol. The Kier molecular flexibility index (Phi) is 6.68. The third-order valence-corrected chi connectivity index (χ3v) is 4.89. The maximum Gasteiger partial charge on any atom is 0.272 e. The summed E-state index contributed by atoms with van der Waals surface area (Å²) >= 11 is 0. The maximum atomic E-state index is 13.0. The highest BCUT2D eigenvalue weighted by Gasteiger charge is 2.25. The topological polar surface area (TPSA) is 70.6 Å². The number of piperazine rings is 1. The van der Waals surface area contributed by atoms with Crippen molar-refractivity contribution >= 4 is 17.4 Å². The van der Waals surface area contributed by atoms with Gasteiger partial charge in [0.05, 0.1) is 12.8 Å². The number of methoxy groups -OCH3 is 1. The van der Waals surface area contributed by atoms with Gasteiger partial charge in [-0.25, -0.2) is 9.97 Å². The van der Waals surface area contributed by atoms with E-state index >= 15 is 0 Å². The SMILES string of the molecule is CCCCNc1cc(C(=O)N2CCN(c3ccccc3OC)CC2)nc(C)n1. The lowest BCUT2D eigenvalue weighted by Crippen LogP contribution is -2.49. The van der Waals surface area contributed by atoms with Crippen LogP contribution in [0.25, 0.3) is 0 Å². The smallest absolute Gasteiger partial charge is 0.272 e. The summed E-state index contributed by atoms with van der Waals surface area (Å²) in [5.74, 6) is 2.15. The van der Waals surface area contributed by atoms with E-state index < -0.39 is 0 Å². The van der Waals surface area contributed by atoms with Crippen molar-refractivity contribution in [3.05, 3.63) is 41.9 Å². The van der Waals surface area contributed by atoms with Gasteiger partial charge < -0.3 is 19.9 Å². The number of nitrogens with one attached hydrogen (secondary N) is 1. The van der Waals surface area contributed by atoms with Gasteiger partial charge >= 0.3 is 0 Å². The second-order valence-corrected chi connectivity index (χ2v) is 6.92. The van der Waals surface area contributed by atoms with Crippen LogP contribution in [0.4, 0.5) is 11.5 Å². The fourth-order valence-electron chi connectivity index (χ4n) is 3.36. The zero-order valence-corrected chi connectivity index (χ0v) is 16.9. The minimum Gasteiger partial charge on any atom is -0.495 e. The summed E-state index contributed by atoms with van der Waals surface area (Å²) in [6, 6.07) is 9.75. The molecule has 1 N–H and O–H groups in total. The number of unbranched alkanes of at least 4 members (excludes halogenated alkanes) is 1. The number of benzene rings is 1. The third kappa shape index (κ3) is 4.71. The molecule has 1 fully saturated rings. The van der Waals surface area contributed by atoms with Crippen LogP contribution in [-0.4, -0.2) is 60.6 Å². The van der Waals surface area contributed by atoms with Crippen molar-refractivity contribution in [1.29, 1.82) is 0 Å². The molecule has 7 nitrogen and oxygen atoms in total. The van der Waals surface area contributed by atoms with E-state index in [4.69, 9.17) is 4.74 Å². The minimum atomic E-state index is -0.0382. The summed E-state index contributed by atoms with van der Waals surface area (Å²) in [6.45, 7) is 7.64. The summed E-state index contributed by atoms with van der Waals surface area (Å²) < 4.78 is 5.46. The molecule has 0 atom stereocenters. The molecule has 2 aromatic rings. The van der Waals surface area contributed by atoms with Gasteiger partial charge in [0.1, 0.15) is 23.1 Å². The lowest BCUT2D eigenvalue weighted by Gasteiger charge is -2.36. The number of hydrogen-bond acceptors (Lipinski definition) is 6. The van der Waals surface area contributed by atoms with E-state index in [-0.39, 0.29) is 5.91 Å². The van der Waals surface area contributed by atoms with Crippen LogP contribution in [0.2, 0.25) is 0 Å². The largest absolute Gasteiger partial charge is 0.495 e. The molecule has 1 aromatic heterocycles. The van der Waals surface area contributed by atoms with Crippen LogP contribution >= 0.6 is 0 Å². The molecule has 1 saturated heterocycles. The van der Waals surface area contributed by atoms with Crippen molar-refractivity contribution in [1.82, 2.24) is 14.9 Å². The van der Waals surface area contributed by atoms with Crippen molar-refractivity contribution < 1.29 is 9.53 Å². The number of para-hydroxylation sites is 2. The molecule has 150 valence electrons. The highest BCUT2D eigenvalue weighted by atomic mass is 16.5. The Morgan fingerprint density at radius 3 is 2.64 bits per heavy atom. The summed E-state index contributed by atoms with van der Waals surface area (Å²) in [5.41, 5.74) is 1.52. The van der Waals surface area contributed by atoms with E-state index in [2.05, 4.69) is 33.2 Å². The molecule has 28 heavy (non-hydrogen) atoms. The molecule has 0 saturated carbocycles. The van der Waals surface area contributed by atoms with E-state index in [1.807, 2.05) is 30.0 Å².